The third kappa shape index (κ3) is 5.20. The van der Waals surface area contributed by atoms with Gasteiger partial charge in [-0.15, -0.1) is 0 Å². The lowest BCUT2D eigenvalue weighted by atomic mass is 10.1. The lowest BCUT2D eigenvalue weighted by Crippen LogP contribution is -2.17. The molecule has 0 saturated heterocycles. The maximum Gasteiger partial charge on any atom is 0.357 e. The molecule has 3 aromatic rings. The fourth-order valence-corrected chi connectivity index (χ4v) is 3.41. The number of rotatable bonds is 6. The summed E-state index contributed by atoms with van der Waals surface area (Å²) < 4.78 is 10.7. The Morgan fingerprint density at radius 2 is 1.68 bits per heavy atom. The van der Waals surface area contributed by atoms with Crippen LogP contribution in [0.25, 0.3) is 5.69 Å². The zero-order chi connectivity index (χ0) is 22.4. The van der Waals surface area contributed by atoms with E-state index in [-0.39, 0.29) is 21.3 Å². The molecule has 158 valence electrons. The van der Waals surface area contributed by atoms with E-state index in [2.05, 4.69) is 14.8 Å². The summed E-state index contributed by atoms with van der Waals surface area (Å²) in [4.78, 5) is 41.2. The number of aryl methyl sites for hydroxylation is 1. The van der Waals surface area contributed by atoms with Gasteiger partial charge >= 0.3 is 11.9 Å². The van der Waals surface area contributed by atoms with Gasteiger partial charge < -0.3 is 9.47 Å². The highest BCUT2D eigenvalue weighted by Crippen LogP contribution is 2.14. The molecule has 9 heteroatoms. The van der Waals surface area contributed by atoms with Crippen molar-refractivity contribution in [2.45, 2.75) is 6.92 Å². The van der Waals surface area contributed by atoms with Crippen molar-refractivity contribution in [3.63, 3.8) is 0 Å². The van der Waals surface area contributed by atoms with Crippen molar-refractivity contribution in [2.24, 2.45) is 4.99 Å². The van der Waals surface area contributed by atoms with Crippen LogP contribution in [-0.2, 0) is 19.1 Å². The van der Waals surface area contributed by atoms with E-state index in [0.717, 1.165) is 23.0 Å². The predicted molar refractivity (Wildman–Crippen MR) is 114 cm³/mol. The van der Waals surface area contributed by atoms with Gasteiger partial charge in [-0.05, 0) is 19.1 Å². The Morgan fingerprint density at radius 3 is 2.29 bits per heavy atom. The minimum Gasteiger partial charge on any atom is -0.466 e. The molecule has 0 atom stereocenters. The molecular weight excluding hydrogens is 418 g/mol. The van der Waals surface area contributed by atoms with Crippen LogP contribution in [0.4, 0.5) is 0 Å². The summed E-state index contributed by atoms with van der Waals surface area (Å²) in [5, 5.41) is 4.59. The number of carbonyl (C=O) groups is 3. The summed E-state index contributed by atoms with van der Waals surface area (Å²) in [6, 6.07) is 16.1. The minimum absolute atomic E-state index is 0.174. The summed E-state index contributed by atoms with van der Waals surface area (Å²) >= 11 is 0.987. The fourth-order valence-electron chi connectivity index (χ4n) is 2.53. The van der Waals surface area contributed by atoms with E-state index in [4.69, 9.17) is 4.74 Å². The average molecular weight is 437 g/mol. The molecule has 0 radical (unpaired) electrons. The van der Waals surface area contributed by atoms with Crippen molar-refractivity contribution < 1.29 is 23.9 Å². The van der Waals surface area contributed by atoms with Crippen LogP contribution in [-0.4, -0.2) is 41.7 Å². The predicted octanol–water partition coefficient (Wildman–Crippen LogP) is 2.60. The zero-order valence-electron chi connectivity index (χ0n) is 17.1. The summed E-state index contributed by atoms with van der Waals surface area (Å²) in [5.74, 6) is -1.88. The second-order valence-corrected chi connectivity index (χ2v) is 7.24. The normalized spacial score (nSPS) is 11.8. The maximum atomic E-state index is 12.9. The van der Waals surface area contributed by atoms with Gasteiger partial charge in [-0.3, -0.25) is 4.79 Å². The lowest BCUT2D eigenvalue weighted by Gasteiger charge is -2.03. The molecule has 0 aliphatic carbocycles. The van der Waals surface area contributed by atoms with E-state index in [0.29, 0.717) is 11.3 Å². The Bertz CT molecular complexity index is 1210. The van der Waals surface area contributed by atoms with E-state index in [1.54, 1.807) is 24.3 Å². The lowest BCUT2D eigenvalue weighted by molar-refractivity contribution is -0.138. The number of hydrogen-bond donors (Lipinski definition) is 0. The van der Waals surface area contributed by atoms with Gasteiger partial charge in [-0.2, -0.15) is 5.10 Å². The van der Waals surface area contributed by atoms with Gasteiger partial charge in [-0.25, -0.2) is 19.3 Å². The van der Waals surface area contributed by atoms with Gasteiger partial charge in [-0.1, -0.05) is 59.4 Å². The SMILES string of the molecule is COC(=O)/C=C(\N=c1sc(C(=O)c2ccccc2)nn1-c1ccc(C)cc1)C(=O)OC. The first-order valence-corrected chi connectivity index (χ1v) is 9.94. The van der Waals surface area contributed by atoms with E-state index in [9.17, 15) is 14.4 Å². The van der Waals surface area contributed by atoms with Crippen LogP contribution in [0.3, 0.4) is 0 Å². The number of ether oxygens (including phenoxy) is 2. The summed E-state index contributed by atoms with van der Waals surface area (Å²) in [6.45, 7) is 1.94. The highest BCUT2D eigenvalue weighted by Gasteiger charge is 2.18. The molecule has 0 unspecified atom stereocenters. The summed E-state index contributed by atoms with van der Waals surface area (Å²) in [6.07, 6.45) is 0.920. The molecule has 3 rings (SSSR count). The molecule has 0 spiro atoms. The Hall–Kier alpha value is -3.85. The molecule has 8 nitrogen and oxygen atoms in total. The summed E-state index contributed by atoms with van der Waals surface area (Å²) in [5.41, 5.74) is 1.87. The first-order valence-electron chi connectivity index (χ1n) is 9.12. The molecular formula is C22H19N3O5S. The van der Waals surface area contributed by atoms with Crippen molar-refractivity contribution in [1.82, 2.24) is 9.78 Å². The van der Waals surface area contributed by atoms with Crippen LogP contribution >= 0.6 is 11.3 Å². The molecule has 0 N–H and O–H groups in total. The first-order chi connectivity index (χ1) is 14.9. The Morgan fingerprint density at radius 1 is 1.00 bits per heavy atom. The van der Waals surface area contributed by atoms with Gasteiger partial charge in [0.2, 0.25) is 10.6 Å². The topological polar surface area (TPSA) is 99.9 Å². The molecule has 0 amide bonds. The third-order valence-electron chi connectivity index (χ3n) is 4.14. The number of aromatic nitrogens is 2. The van der Waals surface area contributed by atoms with Crippen LogP contribution in [0.5, 0.6) is 0 Å². The number of hydrogen-bond acceptors (Lipinski definition) is 8. The Balaban J connectivity index is 2.20. The molecule has 1 heterocycles. The molecule has 0 bridgehead atoms. The number of methoxy groups -OCH3 is 2. The summed E-state index contributed by atoms with van der Waals surface area (Å²) in [7, 11) is 2.36. The van der Waals surface area contributed by atoms with Crippen LogP contribution in [0.15, 0.2) is 71.4 Å². The van der Waals surface area contributed by atoms with Gasteiger partial charge in [0.05, 0.1) is 26.0 Å². The molecule has 0 aliphatic heterocycles. The highest BCUT2D eigenvalue weighted by atomic mass is 32.1. The van der Waals surface area contributed by atoms with Gasteiger partial charge in [0.15, 0.2) is 10.7 Å². The number of ketones is 1. The van der Waals surface area contributed by atoms with E-state index in [1.807, 2.05) is 37.3 Å². The number of esters is 2. The monoisotopic (exact) mass is 437 g/mol. The van der Waals surface area contributed by atoms with Crippen molar-refractivity contribution in [2.75, 3.05) is 14.2 Å². The Labute approximate surface area is 182 Å². The van der Waals surface area contributed by atoms with Gasteiger partial charge in [0.25, 0.3) is 0 Å². The maximum absolute atomic E-state index is 12.9. The largest absolute Gasteiger partial charge is 0.466 e. The molecule has 2 aromatic carbocycles. The van der Waals surface area contributed by atoms with Crippen molar-refractivity contribution in [3.8, 4) is 5.69 Å². The highest BCUT2D eigenvalue weighted by molar-refractivity contribution is 7.11. The number of carbonyl (C=O) groups excluding carboxylic acids is 3. The van der Waals surface area contributed by atoms with Crippen LogP contribution in [0, 0.1) is 6.92 Å². The van der Waals surface area contributed by atoms with E-state index in [1.165, 1.54) is 18.9 Å². The molecule has 0 saturated carbocycles. The molecule has 1 aromatic heterocycles. The van der Waals surface area contributed by atoms with Crippen LogP contribution in [0.1, 0.15) is 20.9 Å². The van der Waals surface area contributed by atoms with E-state index >= 15 is 0 Å². The van der Waals surface area contributed by atoms with Crippen molar-refractivity contribution >= 4 is 29.1 Å². The quantitative estimate of drug-likeness (QED) is 0.334. The molecule has 31 heavy (non-hydrogen) atoms. The van der Waals surface area contributed by atoms with Gasteiger partial charge in [0, 0.05) is 5.56 Å². The molecule has 0 aliphatic rings. The smallest absolute Gasteiger partial charge is 0.357 e. The fraction of sp³-hybridized carbons (Fsp3) is 0.136. The molecule has 0 fully saturated rings. The number of nitrogens with zero attached hydrogens (tertiary/aromatic N) is 3. The minimum atomic E-state index is -0.829. The van der Waals surface area contributed by atoms with Crippen LogP contribution < -0.4 is 4.80 Å². The first kappa shape index (κ1) is 21.8. The van der Waals surface area contributed by atoms with Crippen LogP contribution in [0.2, 0.25) is 0 Å². The second-order valence-electron chi connectivity index (χ2n) is 6.29. The third-order valence-corrected chi connectivity index (χ3v) is 5.04. The van der Waals surface area contributed by atoms with Crippen molar-refractivity contribution in [3.05, 3.63) is 87.3 Å². The number of benzene rings is 2. The van der Waals surface area contributed by atoms with E-state index < -0.39 is 11.9 Å². The average Bonchev–Trinajstić information content (AvgIpc) is 3.22. The zero-order valence-corrected chi connectivity index (χ0v) is 17.9. The second kappa shape index (κ2) is 9.77. The standard InChI is InChI=1S/C22H19N3O5S/c1-14-9-11-16(12-10-14)25-22(23-17(21(28)30-3)13-18(26)29-2)31-20(24-25)19(27)15-7-5-4-6-8-15/h4-13H,1-3H3/b17-13-,23-22?. The van der Waals surface area contributed by atoms with Gasteiger partial charge in [0.1, 0.15) is 0 Å². The Kier molecular flexibility index (Phi) is 6.88. The van der Waals surface area contributed by atoms with Crippen molar-refractivity contribution in [1.29, 1.82) is 0 Å².